The Morgan fingerprint density at radius 3 is 2.78 bits per heavy atom. The van der Waals surface area contributed by atoms with Crippen LogP contribution in [-0.4, -0.2) is 22.3 Å². The van der Waals surface area contributed by atoms with Gasteiger partial charge in [0.2, 0.25) is 5.88 Å². The molecule has 0 saturated heterocycles. The molecule has 0 atom stereocenters. The van der Waals surface area contributed by atoms with Gasteiger partial charge < -0.3 is 10.4 Å². The fourth-order valence-corrected chi connectivity index (χ4v) is 1.42. The second kappa shape index (κ2) is 5.09. The van der Waals surface area contributed by atoms with E-state index in [2.05, 4.69) is 10.3 Å². The van der Waals surface area contributed by atoms with Crippen molar-refractivity contribution >= 4 is 17.9 Å². The topological polar surface area (TPSA) is 79.3 Å². The Hall–Kier alpha value is -2.69. The number of nitrogens with zero attached hydrogens (tertiary/aromatic N) is 1. The highest BCUT2D eigenvalue weighted by Gasteiger charge is 2.06. The summed E-state index contributed by atoms with van der Waals surface area (Å²) in [5.41, 5.74) is 1.29. The van der Waals surface area contributed by atoms with Gasteiger partial charge in [-0.2, -0.15) is 0 Å². The van der Waals surface area contributed by atoms with Crippen LogP contribution in [0.5, 0.6) is 5.88 Å². The Morgan fingerprint density at radius 1 is 1.28 bits per heavy atom. The van der Waals surface area contributed by atoms with Crippen LogP contribution in [0.25, 0.3) is 0 Å². The highest BCUT2D eigenvalue weighted by atomic mass is 16.3. The molecule has 18 heavy (non-hydrogen) atoms. The molecule has 0 aliphatic heterocycles. The molecule has 2 N–H and O–H groups in total. The van der Waals surface area contributed by atoms with Crippen LogP contribution in [0.1, 0.15) is 20.7 Å². The second-order valence-electron chi connectivity index (χ2n) is 3.60. The van der Waals surface area contributed by atoms with E-state index in [4.69, 9.17) is 5.11 Å². The average molecular weight is 242 g/mol. The van der Waals surface area contributed by atoms with Gasteiger partial charge in [0, 0.05) is 17.2 Å². The van der Waals surface area contributed by atoms with Crippen molar-refractivity contribution in [3.63, 3.8) is 0 Å². The largest absolute Gasteiger partial charge is 0.493 e. The van der Waals surface area contributed by atoms with E-state index in [0.29, 0.717) is 23.1 Å². The van der Waals surface area contributed by atoms with Crippen LogP contribution in [0.15, 0.2) is 42.6 Å². The summed E-state index contributed by atoms with van der Waals surface area (Å²) in [7, 11) is 0. The maximum Gasteiger partial charge on any atom is 0.255 e. The summed E-state index contributed by atoms with van der Waals surface area (Å²) in [5, 5.41) is 11.6. The SMILES string of the molecule is O=Cc1cccc(C(=O)Nc2ccc(O)nc2)c1. The lowest BCUT2D eigenvalue weighted by Gasteiger charge is -2.05. The van der Waals surface area contributed by atoms with Gasteiger partial charge in [0.1, 0.15) is 6.29 Å². The quantitative estimate of drug-likeness (QED) is 0.805. The number of nitrogens with one attached hydrogen (secondary N) is 1. The number of benzene rings is 1. The number of aromatic nitrogens is 1. The number of aromatic hydroxyl groups is 1. The zero-order chi connectivity index (χ0) is 13.0. The molecular formula is C13H10N2O3. The molecule has 0 aliphatic rings. The molecule has 0 saturated carbocycles. The van der Waals surface area contributed by atoms with E-state index < -0.39 is 0 Å². The van der Waals surface area contributed by atoms with Crippen LogP contribution < -0.4 is 5.32 Å². The molecule has 0 unspecified atom stereocenters. The lowest BCUT2D eigenvalue weighted by atomic mass is 10.1. The van der Waals surface area contributed by atoms with Gasteiger partial charge in [0.15, 0.2) is 0 Å². The fourth-order valence-electron chi connectivity index (χ4n) is 1.42. The molecular weight excluding hydrogens is 232 g/mol. The summed E-state index contributed by atoms with van der Waals surface area (Å²) >= 11 is 0. The van der Waals surface area contributed by atoms with E-state index in [1.165, 1.54) is 24.4 Å². The van der Waals surface area contributed by atoms with Crippen molar-refractivity contribution in [3.8, 4) is 5.88 Å². The minimum atomic E-state index is -0.341. The normalized spacial score (nSPS) is 9.78. The molecule has 0 bridgehead atoms. The van der Waals surface area contributed by atoms with Crippen LogP contribution in [0.3, 0.4) is 0 Å². The number of anilines is 1. The fraction of sp³-hybridized carbons (Fsp3) is 0. The van der Waals surface area contributed by atoms with Crippen LogP contribution in [-0.2, 0) is 0 Å². The third kappa shape index (κ3) is 2.70. The molecule has 1 amide bonds. The van der Waals surface area contributed by atoms with Crippen molar-refractivity contribution < 1.29 is 14.7 Å². The van der Waals surface area contributed by atoms with Crippen LogP contribution >= 0.6 is 0 Å². The highest BCUT2D eigenvalue weighted by molar-refractivity contribution is 6.04. The molecule has 1 aromatic heterocycles. The monoisotopic (exact) mass is 242 g/mol. The first kappa shape index (κ1) is 11.8. The molecule has 1 aromatic carbocycles. The van der Waals surface area contributed by atoms with Gasteiger partial charge in [0.25, 0.3) is 5.91 Å². The molecule has 1 heterocycles. The van der Waals surface area contributed by atoms with E-state index in [-0.39, 0.29) is 11.8 Å². The smallest absolute Gasteiger partial charge is 0.255 e. The van der Waals surface area contributed by atoms with Crippen molar-refractivity contribution in [2.45, 2.75) is 0 Å². The number of hydrogen-bond acceptors (Lipinski definition) is 4. The van der Waals surface area contributed by atoms with E-state index in [9.17, 15) is 9.59 Å². The molecule has 5 heteroatoms. The summed E-state index contributed by atoms with van der Waals surface area (Å²) in [4.78, 5) is 26.1. The predicted molar refractivity (Wildman–Crippen MR) is 65.7 cm³/mol. The second-order valence-corrected chi connectivity index (χ2v) is 3.60. The maximum atomic E-state index is 11.8. The minimum absolute atomic E-state index is 0.115. The number of rotatable bonds is 3. The summed E-state index contributed by atoms with van der Waals surface area (Å²) in [6, 6.07) is 9.26. The molecule has 90 valence electrons. The van der Waals surface area contributed by atoms with Gasteiger partial charge in [-0.15, -0.1) is 0 Å². The molecule has 0 fully saturated rings. The van der Waals surface area contributed by atoms with E-state index in [1.54, 1.807) is 18.2 Å². The first-order valence-corrected chi connectivity index (χ1v) is 5.20. The number of aldehydes is 1. The third-order valence-electron chi connectivity index (χ3n) is 2.29. The number of hydrogen-bond donors (Lipinski definition) is 2. The Bertz CT molecular complexity index is 579. The lowest BCUT2D eigenvalue weighted by molar-refractivity contribution is 0.102. The Kier molecular flexibility index (Phi) is 3.33. The zero-order valence-corrected chi connectivity index (χ0v) is 9.33. The van der Waals surface area contributed by atoms with Crippen molar-refractivity contribution in [2.24, 2.45) is 0 Å². The lowest BCUT2D eigenvalue weighted by Crippen LogP contribution is -2.12. The number of pyridine rings is 1. The van der Waals surface area contributed by atoms with Gasteiger partial charge in [0.05, 0.1) is 11.9 Å². The Labute approximate surface area is 103 Å². The summed E-state index contributed by atoms with van der Waals surface area (Å²) < 4.78 is 0. The first-order chi connectivity index (χ1) is 8.69. The van der Waals surface area contributed by atoms with E-state index in [1.807, 2.05) is 0 Å². The van der Waals surface area contributed by atoms with Gasteiger partial charge in [-0.25, -0.2) is 4.98 Å². The van der Waals surface area contributed by atoms with Gasteiger partial charge in [-0.05, 0) is 18.2 Å². The average Bonchev–Trinajstić information content (AvgIpc) is 2.41. The molecule has 0 radical (unpaired) electrons. The standard InChI is InChI=1S/C13H10N2O3/c16-8-9-2-1-3-10(6-9)13(18)15-11-4-5-12(17)14-7-11/h1-8H,(H,14,17)(H,15,18). The van der Waals surface area contributed by atoms with Crippen molar-refractivity contribution in [3.05, 3.63) is 53.7 Å². The van der Waals surface area contributed by atoms with E-state index >= 15 is 0 Å². The molecule has 0 spiro atoms. The third-order valence-corrected chi connectivity index (χ3v) is 2.29. The van der Waals surface area contributed by atoms with Crippen LogP contribution in [0, 0.1) is 0 Å². The number of carbonyl (C=O) groups is 2. The summed E-state index contributed by atoms with van der Waals surface area (Å²) in [6.45, 7) is 0. The van der Waals surface area contributed by atoms with Crippen LogP contribution in [0.4, 0.5) is 5.69 Å². The minimum Gasteiger partial charge on any atom is -0.493 e. The van der Waals surface area contributed by atoms with Gasteiger partial charge >= 0.3 is 0 Å². The van der Waals surface area contributed by atoms with Crippen molar-refractivity contribution in [1.29, 1.82) is 0 Å². The number of carbonyl (C=O) groups excluding carboxylic acids is 2. The molecule has 0 aliphatic carbocycles. The van der Waals surface area contributed by atoms with Crippen molar-refractivity contribution in [1.82, 2.24) is 4.98 Å². The molecule has 5 nitrogen and oxygen atoms in total. The van der Waals surface area contributed by atoms with Crippen molar-refractivity contribution in [2.75, 3.05) is 5.32 Å². The predicted octanol–water partition coefficient (Wildman–Crippen LogP) is 1.85. The van der Waals surface area contributed by atoms with Gasteiger partial charge in [-0.1, -0.05) is 12.1 Å². The number of amides is 1. The summed E-state index contributed by atoms with van der Waals surface area (Å²) in [6.07, 6.45) is 2.02. The zero-order valence-electron chi connectivity index (χ0n) is 9.33. The first-order valence-electron chi connectivity index (χ1n) is 5.20. The Morgan fingerprint density at radius 2 is 2.11 bits per heavy atom. The molecule has 2 rings (SSSR count). The maximum absolute atomic E-state index is 11.8. The van der Waals surface area contributed by atoms with E-state index in [0.717, 1.165) is 0 Å². The molecule has 2 aromatic rings. The summed E-state index contributed by atoms with van der Waals surface area (Å²) in [5.74, 6) is -0.456. The highest BCUT2D eigenvalue weighted by Crippen LogP contribution is 2.12. The van der Waals surface area contributed by atoms with Crippen LogP contribution in [0.2, 0.25) is 0 Å². The van der Waals surface area contributed by atoms with Gasteiger partial charge in [-0.3, -0.25) is 9.59 Å². The Balaban J connectivity index is 2.16.